The van der Waals surface area contributed by atoms with Gasteiger partial charge in [0.05, 0.1) is 12.0 Å². The van der Waals surface area contributed by atoms with Gasteiger partial charge < -0.3 is 14.7 Å². The number of carboxylic acid groups (broad SMARTS) is 1. The summed E-state index contributed by atoms with van der Waals surface area (Å²) in [6.07, 6.45) is 1.90. The number of hydrogen-bond acceptors (Lipinski definition) is 3. The van der Waals surface area contributed by atoms with Gasteiger partial charge in [0.25, 0.3) is 5.91 Å². The van der Waals surface area contributed by atoms with E-state index in [1.807, 2.05) is 0 Å². The number of carbonyl (C=O) groups is 2. The van der Waals surface area contributed by atoms with E-state index in [-0.39, 0.29) is 24.9 Å². The van der Waals surface area contributed by atoms with Crippen LogP contribution in [0.1, 0.15) is 12.0 Å². The first-order valence-corrected chi connectivity index (χ1v) is 7.04. The second kappa shape index (κ2) is 5.41. The standard InChI is InChI=1S/C15H14ClNO4/c16-12-1-2-13-10(5-12)4-11(8-21-13)15(20)17-6-9(7-17)3-14(18)19/h1-2,4-5,9H,3,6-8H2,(H,18,19). The van der Waals surface area contributed by atoms with Crippen LogP contribution in [0.3, 0.4) is 0 Å². The van der Waals surface area contributed by atoms with Crippen molar-refractivity contribution in [2.45, 2.75) is 6.42 Å². The predicted molar refractivity (Wildman–Crippen MR) is 77.2 cm³/mol. The number of aliphatic carboxylic acids is 1. The van der Waals surface area contributed by atoms with Crippen LogP contribution in [0.15, 0.2) is 23.8 Å². The van der Waals surface area contributed by atoms with E-state index in [9.17, 15) is 9.59 Å². The Morgan fingerprint density at radius 1 is 1.38 bits per heavy atom. The lowest BCUT2D eigenvalue weighted by Gasteiger charge is -2.39. The minimum Gasteiger partial charge on any atom is -0.488 e. The first kappa shape index (κ1) is 13.9. The molecule has 2 aliphatic heterocycles. The Bertz CT molecular complexity index is 635. The number of likely N-dealkylation sites (tertiary alicyclic amines) is 1. The quantitative estimate of drug-likeness (QED) is 0.928. The largest absolute Gasteiger partial charge is 0.488 e. The second-order valence-electron chi connectivity index (χ2n) is 5.31. The smallest absolute Gasteiger partial charge is 0.303 e. The van der Waals surface area contributed by atoms with Crippen molar-refractivity contribution in [3.63, 3.8) is 0 Å². The van der Waals surface area contributed by atoms with E-state index in [1.165, 1.54) is 0 Å². The fourth-order valence-electron chi connectivity index (χ4n) is 2.59. The van der Waals surface area contributed by atoms with Gasteiger partial charge in [-0.3, -0.25) is 9.59 Å². The zero-order valence-corrected chi connectivity index (χ0v) is 12.0. The van der Waals surface area contributed by atoms with Gasteiger partial charge >= 0.3 is 5.97 Å². The molecule has 0 saturated carbocycles. The van der Waals surface area contributed by atoms with Crippen molar-refractivity contribution in [2.75, 3.05) is 19.7 Å². The lowest BCUT2D eigenvalue weighted by molar-refractivity contribution is -0.143. The number of carboxylic acids is 1. The maximum Gasteiger partial charge on any atom is 0.303 e. The summed E-state index contributed by atoms with van der Waals surface area (Å²) in [5.74, 6) is -0.153. The number of carbonyl (C=O) groups excluding carboxylic acids is 1. The van der Waals surface area contributed by atoms with Gasteiger partial charge in [0.2, 0.25) is 0 Å². The molecule has 6 heteroatoms. The molecule has 1 fully saturated rings. The molecule has 2 aliphatic rings. The Kier molecular flexibility index (Phi) is 3.59. The summed E-state index contributed by atoms with van der Waals surface area (Å²) in [5, 5.41) is 9.30. The highest BCUT2D eigenvalue weighted by Crippen LogP contribution is 2.30. The Balaban J connectivity index is 1.68. The van der Waals surface area contributed by atoms with Crippen LogP contribution in [0.25, 0.3) is 6.08 Å². The Morgan fingerprint density at radius 3 is 2.86 bits per heavy atom. The van der Waals surface area contributed by atoms with Gasteiger partial charge in [-0.25, -0.2) is 0 Å². The molecule has 0 aromatic heterocycles. The SMILES string of the molecule is O=C(O)CC1CN(C(=O)C2=Cc3cc(Cl)ccc3OC2)C1. The lowest BCUT2D eigenvalue weighted by Crippen LogP contribution is -2.51. The summed E-state index contributed by atoms with van der Waals surface area (Å²) in [5.41, 5.74) is 1.36. The molecule has 3 rings (SSSR count). The number of fused-ring (bicyclic) bond motifs is 1. The van der Waals surface area contributed by atoms with Crippen LogP contribution in [-0.2, 0) is 9.59 Å². The van der Waals surface area contributed by atoms with Gasteiger partial charge in [0.1, 0.15) is 12.4 Å². The number of rotatable bonds is 3. The zero-order chi connectivity index (χ0) is 15.0. The van der Waals surface area contributed by atoms with Crippen molar-refractivity contribution in [3.8, 4) is 5.75 Å². The Labute approximate surface area is 126 Å². The lowest BCUT2D eigenvalue weighted by atomic mass is 9.95. The van der Waals surface area contributed by atoms with E-state index in [1.54, 1.807) is 29.2 Å². The molecule has 1 saturated heterocycles. The number of hydrogen-bond donors (Lipinski definition) is 1. The minimum atomic E-state index is -0.823. The third-order valence-corrected chi connectivity index (χ3v) is 3.90. The maximum atomic E-state index is 12.3. The van der Waals surface area contributed by atoms with Gasteiger partial charge in [0, 0.05) is 29.6 Å². The van der Waals surface area contributed by atoms with Crippen molar-refractivity contribution in [1.82, 2.24) is 4.90 Å². The molecular formula is C15H14ClNO4. The van der Waals surface area contributed by atoms with Crippen molar-refractivity contribution < 1.29 is 19.4 Å². The highest BCUT2D eigenvalue weighted by molar-refractivity contribution is 6.30. The van der Waals surface area contributed by atoms with Crippen molar-refractivity contribution in [3.05, 3.63) is 34.4 Å². The van der Waals surface area contributed by atoms with Gasteiger partial charge in [-0.05, 0) is 24.3 Å². The van der Waals surface area contributed by atoms with E-state index in [0.29, 0.717) is 29.4 Å². The molecule has 110 valence electrons. The Morgan fingerprint density at radius 2 is 2.14 bits per heavy atom. The maximum absolute atomic E-state index is 12.3. The van der Waals surface area contributed by atoms with Crippen LogP contribution in [0.5, 0.6) is 5.75 Å². The molecule has 21 heavy (non-hydrogen) atoms. The van der Waals surface area contributed by atoms with E-state index in [0.717, 1.165) is 5.56 Å². The van der Waals surface area contributed by atoms with E-state index in [4.69, 9.17) is 21.4 Å². The molecule has 1 aromatic carbocycles. The van der Waals surface area contributed by atoms with Gasteiger partial charge in [-0.2, -0.15) is 0 Å². The average molecular weight is 308 g/mol. The minimum absolute atomic E-state index is 0.0540. The summed E-state index contributed by atoms with van der Waals surface area (Å²) in [6, 6.07) is 5.28. The normalized spacial score (nSPS) is 17.4. The molecule has 5 nitrogen and oxygen atoms in total. The number of benzene rings is 1. The molecule has 0 unspecified atom stereocenters. The summed E-state index contributed by atoms with van der Waals surface area (Å²) in [7, 11) is 0. The predicted octanol–water partition coefficient (Wildman–Crippen LogP) is 2.05. The van der Waals surface area contributed by atoms with Crippen LogP contribution >= 0.6 is 11.6 Å². The molecule has 1 amide bonds. The molecule has 0 aliphatic carbocycles. The number of ether oxygens (including phenoxy) is 1. The Hall–Kier alpha value is -2.01. The zero-order valence-electron chi connectivity index (χ0n) is 11.2. The number of halogens is 1. The molecule has 0 spiro atoms. The fraction of sp³-hybridized carbons (Fsp3) is 0.333. The molecule has 0 bridgehead atoms. The first-order chi connectivity index (χ1) is 10.0. The molecule has 2 heterocycles. The van der Waals surface area contributed by atoms with Crippen molar-refractivity contribution >= 4 is 29.6 Å². The van der Waals surface area contributed by atoms with E-state index < -0.39 is 5.97 Å². The summed E-state index contributed by atoms with van der Waals surface area (Å²) >= 11 is 5.94. The summed E-state index contributed by atoms with van der Waals surface area (Å²) in [4.78, 5) is 24.6. The van der Waals surface area contributed by atoms with Crippen LogP contribution in [0.4, 0.5) is 0 Å². The van der Waals surface area contributed by atoms with Crippen molar-refractivity contribution in [1.29, 1.82) is 0 Å². The third-order valence-electron chi connectivity index (χ3n) is 3.67. The fourth-order valence-corrected chi connectivity index (χ4v) is 2.77. The molecular weight excluding hydrogens is 294 g/mol. The number of amides is 1. The van der Waals surface area contributed by atoms with Crippen molar-refractivity contribution in [2.24, 2.45) is 5.92 Å². The molecule has 0 atom stereocenters. The number of nitrogens with zero attached hydrogens (tertiary/aromatic N) is 1. The van der Waals surface area contributed by atoms with Crippen LogP contribution in [-0.4, -0.2) is 41.6 Å². The van der Waals surface area contributed by atoms with Gasteiger partial charge in [-0.1, -0.05) is 11.6 Å². The van der Waals surface area contributed by atoms with E-state index in [2.05, 4.69) is 0 Å². The van der Waals surface area contributed by atoms with Gasteiger partial charge in [0.15, 0.2) is 0 Å². The molecule has 0 radical (unpaired) electrons. The highest BCUT2D eigenvalue weighted by Gasteiger charge is 2.34. The summed E-state index contributed by atoms with van der Waals surface area (Å²) < 4.78 is 5.55. The van der Waals surface area contributed by atoms with Crippen LogP contribution in [0, 0.1) is 5.92 Å². The third kappa shape index (κ3) is 2.88. The first-order valence-electron chi connectivity index (χ1n) is 6.67. The van der Waals surface area contributed by atoms with Crippen LogP contribution < -0.4 is 4.74 Å². The van der Waals surface area contributed by atoms with Crippen LogP contribution in [0.2, 0.25) is 5.02 Å². The summed E-state index contributed by atoms with van der Waals surface area (Å²) in [6.45, 7) is 1.21. The second-order valence-corrected chi connectivity index (χ2v) is 5.75. The molecule has 1 aromatic rings. The highest BCUT2D eigenvalue weighted by atomic mass is 35.5. The topological polar surface area (TPSA) is 66.8 Å². The average Bonchev–Trinajstić information content (AvgIpc) is 2.40. The molecule has 1 N–H and O–H groups in total. The monoisotopic (exact) mass is 307 g/mol. The van der Waals surface area contributed by atoms with E-state index >= 15 is 0 Å². The van der Waals surface area contributed by atoms with Gasteiger partial charge in [-0.15, -0.1) is 0 Å².